The summed E-state index contributed by atoms with van der Waals surface area (Å²) in [6, 6.07) is 6.72. The first-order valence-corrected chi connectivity index (χ1v) is 10.8. The number of carboxylic acid groups (broad SMARTS) is 2. The first kappa shape index (κ1) is 29.4. The Balaban J connectivity index is 0.000000493. The van der Waals surface area contributed by atoms with Crippen molar-refractivity contribution >= 4 is 28.8 Å². The molecule has 0 unspecified atom stereocenters. The van der Waals surface area contributed by atoms with E-state index in [9.17, 15) is 18.4 Å². The number of rotatable bonds is 8. The van der Waals surface area contributed by atoms with Crippen LogP contribution < -0.4 is 10.1 Å². The zero-order chi connectivity index (χ0) is 26.9. The van der Waals surface area contributed by atoms with Crippen LogP contribution in [0.3, 0.4) is 0 Å². The van der Waals surface area contributed by atoms with E-state index in [1.54, 1.807) is 18.3 Å². The predicted molar refractivity (Wildman–Crippen MR) is 137 cm³/mol. The highest BCUT2D eigenvalue weighted by Crippen LogP contribution is 2.23. The van der Waals surface area contributed by atoms with Crippen molar-refractivity contribution in [3.63, 3.8) is 0 Å². The first-order valence-electron chi connectivity index (χ1n) is 10.8. The van der Waals surface area contributed by atoms with Crippen molar-refractivity contribution < 1.29 is 33.3 Å². The maximum Gasteiger partial charge on any atom is 0.328 e. The van der Waals surface area contributed by atoms with Crippen LogP contribution in [0.15, 0.2) is 55.0 Å². The molecule has 4 rings (SSSR count). The van der Waals surface area contributed by atoms with Crippen LogP contribution in [0.5, 0.6) is 5.88 Å². The van der Waals surface area contributed by atoms with E-state index in [1.165, 1.54) is 13.2 Å². The van der Waals surface area contributed by atoms with Crippen molar-refractivity contribution in [3.05, 3.63) is 89.0 Å². The number of aryl methyl sites for hydroxylation is 1. The van der Waals surface area contributed by atoms with Crippen LogP contribution in [0.2, 0.25) is 0 Å². The Labute approximate surface area is 217 Å². The number of nitrogens with one attached hydrogen (secondary N) is 2. The van der Waals surface area contributed by atoms with Crippen molar-refractivity contribution in [3.8, 4) is 5.88 Å². The molecule has 4 aromatic heterocycles. The van der Waals surface area contributed by atoms with Gasteiger partial charge in [0.1, 0.15) is 17.3 Å². The Morgan fingerprint density at radius 1 is 1.05 bits per heavy atom. The smallest absolute Gasteiger partial charge is 0.328 e. The Bertz CT molecular complexity index is 1440. The summed E-state index contributed by atoms with van der Waals surface area (Å²) in [4.78, 5) is 34.4. The van der Waals surface area contributed by atoms with Gasteiger partial charge >= 0.3 is 11.9 Å². The number of hydrogen-bond donors (Lipinski definition) is 4. The maximum atomic E-state index is 14.6. The number of fused-ring (bicyclic) bond motifs is 1. The van der Waals surface area contributed by atoms with E-state index in [-0.39, 0.29) is 14.0 Å². The van der Waals surface area contributed by atoms with Gasteiger partial charge in [-0.3, -0.25) is 0 Å². The van der Waals surface area contributed by atoms with Gasteiger partial charge in [-0.15, -0.1) is 0 Å². The van der Waals surface area contributed by atoms with Gasteiger partial charge < -0.3 is 25.3 Å². The minimum Gasteiger partial charge on any atom is -0.481 e. The number of anilines is 1. The average Bonchev–Trinajstić information content (AvgIpc) is 3.25. The number of pyridine rings is 3. The Hall–Kier alpha value is -4.87. The summed E-state index contributed by atoms with van der Waals surface area (Å²) in [7, 11) is 1.46. The number of carbonyl (C=O) groups is 2. The minimum atomic E-state index is -1.26. The molecule has 0 aliphatic rings. The van der Waals surface area contributed by atoms with Crippen molar-refractivity contribution in [2.24, 2.45) is 0 Å². The highest BCUT2D eigenvalue weighted by atomic mass is 19.1. The second-order valence-corrected chi connectivity index (χ2v) is 7.73. The quantitative estimate of drug-likeness (QED) is 0.192. The molecule has 4 aromatic rings. The SMILES string of the molecule is C.COc1ncc(F)cc1CNc1ccc(Cc2c[nH]c3ncc(C)cc23)c(F)n1.O=C(O)/C=C/C(=O)O. The molecule has 0 bridgehead atoms. The van der Waals surface area contributed by atoms with Crippen molar-refractivity contribution in [2.45, 2.75) is 27.3 Å². The molecule has 0 aromatic carbocycles. The van der Waals surface area contributed by atoms with E-state index in [0.717, 1.165) is 28.4 Å². The molecule has 0 aliphatic carbocycles. The Kier molecular flexibility index (Phi) is 10.4. The number of aliphatic carboxylic acids is 2. The van der Waals surface area contributed by atoms with Crippen molar-refractivity contribution in [2.75, 3.05) is 12.4 Å². The zero-order valence-corrected chi connectivity index (χ0v) is 19.8. The molecule has 0 spiro atoms. The molecule has 4 heterocycles. The third kappa shape index (κ3) is 8.08. The second-order valence-electron chi connectivity index (χ2n) is 7.73. The fraction of sp³-hybridized carbons (Fsp3) is 0.192. The number of methoxy groups -OCH3 is 1. The fourth-order valence-corrected chi connectivity index (χ4v) is 3.31. The molecule has 38 heavy (non-hydrogen) atoms. The van der Waals surface area contributed by atoms with E-state index < -0.39 is 23.7 Å². The highest BCUT2D eigenvalue weighted by Gasteiger charge is 2.12. The summed E-state index contributed by atoms with van der Waals surface area (Å²) in [5.74, 6) is -2.90. The van der Waals surface area contributed by atoms with E-state index in [1.807, 2.05) is 19.2 Å². The maximum absolute atomic E-state index is 14.6. The number of ether oxygens (including phenoxy) is 1. The lowest BCUT2D eigenvalue weighted by molar-refractivity contribution is -0.134. The number of H-pyrrole nitrogens is 1. The second kappa shape index (κ2) is 13.4. The lowest BCUT2D eigenvalue weighted by atomic mass is 10.1. The molecule has 0 saturated heterocycles. The van der Waals surface area contributed by atoms with Crippen molar-refractivity contribution in [1.82, 2.24) is 19.9 Å². The lowest BCUT2D eigenvalue weighted by Crippen LogP contribution is -2.06. The summed E-state index contributed by atoms with van der Waals surface area (Å²) in [6.45, 7) is 2.17. The summed E-state index contributed by atoms with van der Waals surface area (Å²) in [5, 5.41) is 19.6. The van der Waals surface area contributed by atoms with E-state index in [0.29, 0.717) is 41.4 Å². The van der Waals surface area contributed by atoms with E-state index in [2.05, 4.69) is 25.3 Å². The molecule has 0 saturated carbocycles. The van der Waals surface area contributed by atoms with Gasteiger partial charge in [0.15, 0.2) is 0 Å². The monoisotopic (exact) mass is 527 g/mol. The van der Waals surface area contributed by atoms with E-state index in [4.69, 9.17) is 14.9 Å². The van der Waals surface area contributed by atoms with Crippen molar-refractivity contribution in [1.29, 1.82) is 0 Å². The van der Waals surface area contributed by atoms with Gasteiger partial charge in [-0.05, 0) is 36.2 Å². The zero-order valence-electron chi connectivity index (χ0n) is 19.8. The highest BCUT2D eigenvalue weighted by molar-refractivity contribution is 5.89. The van der Waals surface area contributed by atoms with Gasteiger partial charge in [-0.2, -0.15) is 4.39 Å². The van der Waals surface area contributed by atoms with Gasteiger partial charge in [0.05, 0.1) is 13.3 Å². The van der Waals surface area contributed by atoms with Gasteiger partial charge in [0.25, 0.3) is 0 Å². The van der Waals surface area contributed by atoms with Crippen LogP contribution >= 0.6 is 0 Å². The van der Waals surface area contributed by atoms with Crippen LogP contribution in [0.1, 0.15) is 29.7 Å². The number of hydrogen-bond acceptors (Lipinski definition) is 7. The van der Waals surface area contributed by atoms with Crippen LogP contribution in [0, 0.1) is 18.7 Å². The van der Waals surface area contributed by atoms with Gasteiger partial charge in [-0.1, -0.05) is 13.5 Å². The van der Waals surface area contributed by atoms with Crippen LogP contribution in [0.4, 0.5) is 14.6 Å². The minimum absolute atomic E-state index is 0. The topological polar surface area (TPSA) is 150 Å². The fourth-order valence-electron chi connectivity index (χ4n) is 3.31. The average molecular weight is 528 g/mol. The third-order valence-corrected chi connectivity index (χ3v) is 4.97. The summed E-state index contributed by atoms with van der Waals surface area (Å²) in [5.41, 5.74) is 3.75. The summed E-state index contributed by atoms with van der Waals surface area (Å²) < 4.78 is 33.1. The molecule has 12 heteroatoms. The molecule has 0 radical (unpaired) electrons. The molecule has 10 nitrogen and oxygen atoms in total. The number of carboxylic acids is 2. The normalized spacial score (nSPS) is 10.4. The molecule has 0 aliphatic heterocycles. The van der Waals surface area contributed by atoms with Gasteiger partial charge in [-0.25, -0.2) is 28.9 Å². The predicted octanol–water partition coefficient (Wildman–Crippen LogP) is 4.50. The number of aromatic amines is 1. The van der Waals surface area contributed by atoms with Crippen LogP contribution in [0.25, 0.3) is 11.0 Å². The molecular weight excluding hydrogens is 500 g/mol. The molecule has 200 valence electrons. The van der Waals surface area contributed by atoms with Gasteiger partial charge in [0, 0.05) is 54.0 Å². The number of nitrogens with zero attached hydrogens (tertiary/aromatic N) is 3. The molecule has 4 N–H and O–H groups in total. The largest absolute Gasteiger partial charge is 0.481 e. The number of halogens is 2. The molecule has 0 atom stereocenters. The molecule has 0 fully saturated rings. The summed E-state index contributed by atoms with van der Waals surface area (Å²) in [6.07, 6.45) is 6.22. The van der Waals surface area contributed by atoms with E-state index >= 15 is 0 Å². The van der Waals surface area contributed by atoms with Crippen LogP contribution in [-0.4, -0.2) is 49.2 Å². The standard InChI is InChI=1S/C21H19F2N5O.C4H4O4.CH4/c1-12-5-17-14(9-26-20(17)25-8-12)6-13-3-4-18(28-19(13)23)24-10-15-7-16(22)11-27-21(15)29-2;5-3(6)1-2-4(7)8;/h3-5,7-9,11H,6,10H2,1-2H3,(H,24,28)(H,25,26);1-2H,(H,5,6)(H,7,8);1H4/b;2-1+;. The summed E-state index contributed by atoms with van der Waals surface area (Å²) >= 11 is 0. The van der Waals surface area contributed by atoms with Gasteiger partial charge in [0.2, 0.25) is 11.8 Å². The molecule has 0 amide bonds. The van der Waals surface area contributed by atoms with Crippen LogP contribution in [-0.2, 0) is 22.6 Å². The first-order chi connectivity index (χ1) is 17.7. The Morgan fingerprint density at radius 2 is 1.76 bits per heavy atom. The lowest BCUT2D eigenvalue weighted by Gasteiger charge is -2.10. The number of aromatic nitrogens is 4. The molecular formula is C26H27F2N5O5. The third-order valence-electron chi connectivity index (χ3n) is 4.97. The Morgan fingerprint density at radius 3 is 2.39 bits per heavy atom.